The molecule has 0 aromatic heterocycles. The molecule has 0 spiro atoms. The fraction of sp³-hybridized carbons (Fsp3) is 0.974. The van der Waals surface area contributed by atoms with Crippen molar-refractivity contribution in [3.8, 4) is 0 Å². The molecule has 0 bridgehead atoms. The number of rotatable bonds is 15. The summed E-state index contributed by atoms with van der Waals surface area (Å²) in [6, 6.07) is -1.86. The Morgan fingerprint density at radius 3 is 1.32 bits per heavy atom. The van der Waals surface area contributed by atoms with Crippen molar-refractivity contribution in [1.29, 1.82) is 0 Å². The second kappa shape index (κ2) is 23.5. The Morgan fingerprint density at radius 2 is 0.794 bits per heavy atom. The van der Waals surface area contributed by atoms with Gasteiger partial charge in [0.05, 0.1) is 38.6 Å². The van der Waals surface area contributed by atoms with E-state index in [1.807, 2.05) is 0 Å². The zero-order valence-corrected chi connectivity index (χ0v) is 36.7. The number of carbonyl (C=O) groups is 1. The first-order valence-corrected chi connectivity index (χ1v) is 21.8. The molecule has 0 aromatic carbocycles. The summed E-state index contributed by atoms with van der Waals surface area (Å²) in [6.07, 6.45) is -54.0. The fourth-order valence-electron chi connectivity index (χ4n) is 8.78. The molecule has 6 fully saturated rings. The highest BCUT2D eigenvalue weighted by Gasteiger charge is 2.59. The molecule has 0 aliphatic carbocycles. The Bertz CT molecular complexity index is 1590. The number of hydrogen-bond acceptors (Lipinski definition) is 29. The third-order valence-corrected chi connectivity index (χ3v) is 12.8. The SMILES string of the molecule is CC(=O)N[C@H]1[C@H](O[C@@H]2[C@H](O)[C@H](O[C@H]3[C@@H](O)[C@@H](O)[C@H](O)O[C@@H]3CO)O[C@H](CO)[C@@H]2O)O[C@H](CO)[C@@H](O[C@H]2O[C@H](C)[C@H](O)[C@H](O)[C@H]2O)[C@@H]1O[C@@H]1O[C@H](CO)[C@H](O)[C@H](O)[C@H]1O[C@H]1O[C@H](C)[C@H](O)[C@H](O)[C@H]1O. The van der Waals surface area contributed by atoms with Gasteiger partial charge in [0.1, 0.15) is 134 Å². The molecule has 30 heteroatoms. The Kier molecular flexibility index (Phi) is 19.2. The zero-order valence-electron chi connectivity index (χ0n) is 36.7. The number of carbonyl (C=O) groups excluding carboxylic acids is 1. The standard InChI is InChI=1S/C38H65NO29/c1-8-16(45)20(49)25(54)35(58-8)65-29-14(7-43)63-34(67-31-19(48)12(5-41)61-37(27(31)56)64-28-13(6-42)60-33(57)24(53)23(28)52)15(39-10(3)44)30(29)66-38-32(22(51)18(47)11(4-40)62-38)68-36-26(55)21(50)17(46)9(2)59-36/h8-9,11-38,40-43,45-57H,4-7H2,1-3H3,(H,39,44)/t8-,9-,11-,12-,13-,14-,15-,16+,17+,18+,19+,20+,21+,22+,23+,24-,25-,26-,27+,28-,29-,30-,31+,32-,33-,34+,35-,36-,37+,38+/m1/s1. The van der Waals surface area contributed by atoms with Crippen LogP contribution in [0.1, 0.15) is 20.8 Å². The van der Waals surface area contributed by atoms with Crippen LogP contribution in [0.25, 0.3) is 0 Å². The Hall–Kier alpha value is -1.65. The lowest BCUT2D eigenvalue weighted by Gasteiger charge is -2.52. The number of amides is 1. The molecule has 0 saturated carbocycles. The largest absolute Gasteiger partial charge is 0.394 e. The summed E-state index contributed by atoms with van der Waals surface area (Å²) in [5.74, 6) is -0.894. The number of nitrogens with one attached hydrogen (secondary N) is 1. The van der Waals surface area contributed by atoms with Crippen LogP contribution in [0.5, 0.6) is 0 Å². The van der Waals surface area contributed by atoms with Crippen LogP contribution < -0.4 is 5.32 Å². The van der Waals surface area contributed by atoms with Gasteiger partial charge in [-0.25, -0.2) is 0 Å². The van der Waals surface area contributed by atoms with Crippen LogP contribution in [0.4, 0.5) is 0 Å². The van der Waals surface area contributed by atoms with Crippen LogP contribution in [0.3, 0.4) is 0 Å². The average molecular weight is 1000 g/mol. The number of ether oxygens (including phenoxy) is 11. The summed E-state index contributed by atoms with van der Waals surface area (Å²) in [5, 5.41) is 184. The lowest BCUT2D eigenvalue weighted by molar-refractivity contribution is -0.400. The van der Waals surface area contributed by atoms with Gasteiger partial charge < -0.3 is 144 Å². The highest BCUT2D eigenvalue weighted by atomic mass is 16.8. The molecule has 1 amide bonds. The highest BCUT2D eigenvalue weighted by molar-refractivity contribution is 5.73. The Labute approximate surface area is 386 Å². The van der Waals surface area contributed by atoms with Crippen molar-refractivity contribution in [2.75, 3.05) is 26.4 Å². The van der Waals surface area contributed by atoms with E-state index in [4.69, 9.17) is 52.1 Å². The van der Waals surface area contributed by atoms with Crippen molar-refractivity contribution in [2.24, 2.45) is 0 Å². The summed E-state index contributed by atoms with van der Waals surface area (Å²) < 4.78 is 63.9. The minimum Gasteiger partial charge on any atom is -0.394 e. The molecule has 396 valence electrons. The number of aliphatic hydroxyl groups is 17. The lowest BCUT2D eigenvalue weighted by Crippen LogP contribution is -2.71. The smallest absolute Gasteiger partial charge is 0.217 e. The normalized spacial score (nSPS) is 52.6. The van der Waals surface area contributed by atoms with Crippen LogP contribution in [0.2, 0.25) is 0 Å². The van der Waals surface area contributed by atoms with Gasteiger partial charge in [0.2, 0.25) is 5.91 Å². The van der Waals surface area contributed by atoms with Crippen LogP contribution >= 0.6 is 0 Å². The molecule has 0 aromatic rings. The molecular formula is C38H65NO29. The minimum absolute atomic E-state index is 0.894. The van der Waals surface area contributed by atoms with Gasteiger partial charge in [-0.2, -0.15) is 0 Å². The first kappa shape index (κ1) is 55.7. The van der Waals surface area contributed by atoms with E-state index in [1.54, 1.807) is 0 Å². The van der Waals surface area contributed by atoms with Crippen LogP contribution in [0.15, 0.2) is 0 Å². The molecule has 0 radical (unpaired) electrons. The van der Waals surface area contributed by atoms with Crippen molar-refractivity contribution in [2.45, 2.75) is 205 Å². The third kappa shape index (κ3) is 11.4. The first-order chi connectivity index (χ1) is 32.1. The monoisotopic (exact) mass is 999 g/mol. The minimum atomic E-state index is -2.19. The van der Waals surface area contributed by atoms with E-state index in [1.165, 1.54) is 13.8 Å². The van der Waals surface area contributed by atoms with E-state index in [2.05, 4.69) is 5.32 Å². The van der Waals surface area contributed by atoms with Gasteiger partial charge in [-0.3, -0.25) is 4.79 Å². The van der Waals surface area contributed by atoms with Crippen molar-refractivity contribution in [3.05, 3.63) is 0 Å². The maximum Gasteiger partial charge on any atom is 0.217 e. The molecule has 6 saturated heterocycles. The molecule has 6 aliphatic heterocycles. The van der Waals surface area contributed by atoms with E-state index < -0.39 is 217 Å². The fourth-order valence-corrected chi connectivity index (χ4v) is 8.78. The van der Waals surface area contributed by atoms with Crippen molar-refractivity contribution in [3.63, 3.8) is 0 Å². The van der Waals surface area contributed by atoms with Crippen molar-refractivity contribution < 1.29 is 144 Å². The van der Waals surface area contributed by atoms with Gasteiger partial charge in [-0.05, 0) is 13.8 Å². The summed E-state index contributed by atoms with van der Waals surface area (Å²) in [6.45, 7) is -0.357. The third-order valence-electron chi connectivity index (χ3n) is 12.8. The molecule has 18 N–H and O–H groups in total. The molecule has 30 nitrogen and oxygen atoms in total. The average Bonchev–Trinajstić information content (AvgIpc) is 3.31. The van der Waals surface area contributed by atoms with Gasteiger partial charge in [0.15, 0.2) is 37.7 Å². The van der Waals surface area contributed by atoms with Crippen LogP contribution in [-0.4, -0.2) is 303 Å². The predicted octanol–water partition coefficient (Wildman–Crippen LogP) is -11.9. The number of hydrogen-bond donors (Lipinski definition) is 18. The molecule has 6 rings (SSSR count). The van der Waals surface area contributed by atoms with E-state index in [0.717, 1.165) is 6.92 Å². The quantitative estimate of drug-likeness (QED) is 0.0724. The van der Waals surface area contributed by atoms with Gasteiger partial charge in [0, 0.05) is 6.92 Å². The summed E-state index contributed by atoms with van der Waals surface area (Å²) in [4.78, 5) is 13.1. The molecular weight excluding hydrogens is 934 g/mol. The second-order valence-electron chi connectivity index (χ2n) is 17.5. The predicted molar refractivity (Wildman–Crippen MR) is 208 cm³/mol. The topological polar surface area (TPSA) is 475 Å². The molecule has 6 heterocycles. The van der Waals surface area contributed by atoms with Gasteiger partial charge in [0.25, 0.3) is 0 Å². The molecule has 6 aliphatic rings. The van der Waals surface area contributed by atoms with E-state index in [-0.39, 0.29) is 0 Å². The molecule has 68 heavy (non-hydrogen) atoms. The van der Waals surface area contributed by atoms with Gasteiger partial charge in [-0.1, -0.05) is 0 Å². The first-order valence-electron chi connectivity index (χ1n) is 21.8. The lowest BCUT2D eigenvalue weighted by atomic mass is 9.93. The highest BCUT2D eigenvalue weighted by Crippen LogP contribution is 2.38. The van der Waals surface area contributed by atoms with Gasteiger partial charge >= 0.3 is 0 Å². The van der Waals surface area contributed by atoms with E-state index in [0.29, 0.717) is 0 Å². The Morgan fingerprint density at radius 1 is 0.382 bits per heavy atom. The van der Waals surface area contributed by atoms with E-state index >= 15 is 0 Å². The Balaban J connectivity index is 1.39. The van der Waals surface area contributed by atoms with Gasteiger partial charge in [-0.15, -0.1) is 0 Å². The second-order valence-corrected chi connectivity index (χ2v) is 17.5. The van der Waals surface area contributed by atoms with Crippen molar-refractivity contribution in [1.82, 2.24) is 5.32 Å². The van der Waals surface area contributed by atoms with Crippen molar-refractivity contribution >= 4 is 5.91 Å². The molecule has 0 unspecified atom stereocenters. The van der Waals surface area contributed by atoms with E-state index in [9.17, 15) is 91.6 Å². The summed E-state index contributed by atoms with van der Waals surface area (Å²) >= 11 is 0. The van der Waals surface area contributed by atoms with Crippen LogP contribution in [-0.2, 0) is 56.9 Å². The maximum absolute atomic E-state index is 13.1. The number of aliphatic hydroxyl groups excluding tert-OH is 17. The zero-order chi connectivity index (χ0) is 50.2. The summed E-state index contributed by atoms with van der Waals surface area (Å²) in [5.41, 5.74) is 0. The molecule has 30 atom stereocenters. The van der Waals surface area contributed by atoms with Crippen LogP contribution in [0, 0.1) is 0 Å². The summed E-state index contributed by atoms with van der Waals surface area (Å²) in [7, 11) is 0. The maximum atomic E-state index is 13.1.